The largest absolute Gasteiger partial charge is 0.354 e. The Kier molecular flexibility index (Phi) is 7.20. The van der Waals surface area contributed by atoms with E-state index in [1.54, 1.807) is 13.2 Å². The van der Waals surface area contributed by atoms with E-state index in [-0.39, 0.29) is 11.8 Å². The van der Waals surface area contributed by atoms with Gasteiger partial charge in [-0.25, -0.2) is 8.42 Å². The molecule has 1 aromatic heterocycles. The molecule has 0 saturated carbocycles. The maximum absolute atomic E-state index is 11.3. The molecule has 26 heavy (non-hydrogen) atoms. The lowest BCUT2D eigenvalue weighted by atomic mass is 10.1. The number of nitrogens with one attached hydrogen (secondary N) is 2. The van der Waals surface area contributed by atoms with Crippen molar-refractivity contribution in [3.8, 4) is 0 Å². The molecule has 0 radical (unpaired) electrons. The Balaban J connectivity index is 1.86. The Morgan fingerprint density at radius 1 is 1.31 bits per heavy atom. The summed E-state index contributed by atoms with van der Waals surface area (Å²) >= 11 is 0. The average Bonchev–Trinajstić information content (AvgIpc) is 3.09. The number of hydrogen-bond acceptors (Lipinski definition) is 4. The molecule has 1 heterocycles. The third-order valence-corrected chi connectivity index (χ3v) is 4.86. The average molecular weight is 378 g/mol. The van der Waals surface area contributed by atoms with Gasteiger partial charge in [-0.1, -0.05) is 24.3 Å². The van der Waals surface area contributed by atoms with Crippen LogP contribution in [0.25, 0.3) is 0 Å². The van der Waals surface area contributed by atoms with Crippen LogP contribution < -0.4 is 10.6 Å². The molecule has 1 aromatic carbocycles. The van der Waals surface area contributed by atoms with Gasteiger partial charge in [0.05, 0.1) is 12.3 Å². The Bertz CT molecular complexity index is 816. The molecule has 0 aliphatic rings. The van der Waals surface area contributed by atoms with Crippen molar-refractivity contribution in [1.29, 1.82) is 0 Å². The van der Waals surface area contributed by atoms with E-state index in [0.29, 0.717) is 18.9 Å². The molecule has 0 fully saturated rings. The first-order valence-corrected chi connectivity index (χ1v) is 10.6. The predicted octanol–water partition coefficient (Wildman–Crippen LogP) is 1.42. The maximum atomic E-state index is 11.3. The van der Waals surface area contributed by atoms with E-state index in [1.807, 2.05) is 29.9 Å². The smallest absolute Gasteiger partial charge is 0.191 e. The molecule has 7 nitrogen and oxygen atoms in total. The maximum Gasteiger partial charge on any atom is 0.191 e. The van der Waals surface area contributed by atoms with Gasteiger partial charge in [-0.3, -0.25) is 9.67 Å². The fourth-order valence-corrected chi connectivity index (χ4v) is 3.28. The van der Waals surface area contributed by atoms with Gasteiger partial charge in [0.25, 0.3) is 0 Å². The quantitative estimate of drug-likeness (QED) is 0.537. The van der Waals surface area contributed by atoms with Gasteiger partial charge in [0.15, 0.2) is 5.96 Å². The lowest BCUT2D eigenvalue weighted by Crippen LogP contribution is -2.42. The predicted molar refractivity (Wildman–Crippen MR) is 105 cm³/mol. The van der Waals surface area contributed by atoms with E-state index < -0.39 is 9.84 Å². The minimum Gasteiger partial charge on any atom is -0.354 e. The Morgan fingerprint density at radius 3 is 2.73 bits per heavy atom. The monoisotopic (exact) mass is 377 g/mol. The van der Waals surface area contributed by atoms with Crippen molar-refractivity contribution < 1.29 is 8.42 Å². The number of sulfone groups is 1. The fourth-order valence-electron chi connectivity index (χ4n) is 2.50. The van der Waals surface area contributed by atoms with Crippen LogP contribution >= 0.6 is 0 Å². The zero-order chi connectivity index (χ0) is 19.0. The molecule has 1 atom stereocenters. The zero-order valence-electron chi connectivity index (χ0n) is 15.5. The summed E-state index contributed by atoms with van der Waals surface area (Å²) in [7, 11) is -1.25. The molecule has 2 N–H and O–H groups in total. The number of aromatic nitrogens is 2. The highest BCUT2D eigenvalue weighted by molar-refractivity contribution is 7.90. The topological polar surface area (TPSA) is 88.4 Å². The molecule has 0 aliphatic heterocycles. The van der Waals surface area contributed by atoms with Gasteiger partial charge in [0.2, 0.25) is 0 Å². The number of rotatable bonds is 8. The normalized spacial score (nSPS) is 13.4. The Morgan fingerprint density at radius 2 is 2.08 bits per heavy atom. The van der Waals surface area contributed by atoms with Crippen molar-refractivity contribution in [2.45, 2.75) is 32.5 Å². The highest BCUT2D eigenvalue weighted by Gasteiger charge is 2.09. The van der Waals surface area contributed by atoms with E-state index in [1.165, 1.54) is 11.8 Å². The lowest BCUT2D eigenvalue weighted by Gasteiger charge is -2.18. The van der Waals surface area contributed by atoms with E-state index in [0.717, 1.165) is 12.1 Å². The molecule has 8 heteroatoms. The van der Waals surface area contributed by atoms with Gasteiger partial charge in [-0.05, 0) is 30.5 Å². The second kappa shape index (κ2) is 9.38. The first-order chi connectivity index (χ1) is 12.4. The van der Waals surface area contributed by atoms with Crippen molar-refractivity contribution in [3.05, 3.63) is 53.9 Å². The van der Waals surface area contributed by atoms with Crippen LogP contribution in [-0.4, -0.2) is 49.3 Å². The first kappa shape index (κ1) is 20.0. The van der Waals surface area contributed by atoms with Gasteiger partial charge >= 0.3 is 0 Å². The number of aliphatic imine (C=N–C) groups is 1. The minimum absolute atomic E-state index is 0.0158. The van der Waals surface area contributed by atoms with Crippen molar-refractivity contribution in [3.63, 3.8) is 0 Å². The first-order valence-electron chi connectivity index (χ1n) is 8.56. The van der Waals surface area contributed by atoms with Crippen LogP contribution in [-0.2, 0) is 22.9 Å². The van der Waals surface area contributed by atoms with Gasteiger partial charge in [0, 0.05) is 38.3 Å². The Labute approximate surface area is 155 Å². The molecule has 0 saturated heterocycles. The SMILES string of the molecule is CN=C(NCc1cccc(Cn2cccn2)c1)NC(C)CCS(C)(=O)=O. The molecule has 2 rings (SSSR count). The van der Waals surface area contributed by atoms with Crippen LogP contribution in [0, 0.1) is 0 Å². The highest BCUT2D eigenvalue weighted by atomic mass is 32.2. The summed E-state index contributed by atoms with van der Waals surface area (Å²) in [5.41, 5.74) is 2.32. The third-order valence-electron chi connectivity index (χ3n) is 3.88. The van der Waals surface area contributed by atoms with Gasteiger partial charge in [0.1, 0.15) is 9.84 Å². The molecule has 1 unspecified atom stereocenters. The molecule has 0 aliphatic carbocycles. The van der Waals surface area contributed by atoms with E-state index in [9.17, 15) is 8.42 Å². The van der Waals surface area contributed by atoms with Gasteiger partial charge in [-0.15, -0.1) is 0 Å². The van der Waals surface area contributed by atoms with Crippen molar-refractivity contribution >= 4 is 15.8 Å². The van der Waals surface area contributed by atoms with Crippen LogP contribution in [0.3, 0.4) is 0 Å². The second-order valence-electron chi connectivity index (χ2n) is 6.41. The van der Waals surface area contributed by atoms with Crippen LogP contribution in [0.5, 0.6) is 0 Å². The zero-order valence-corrected chi connectivity index (χ0v) is 16.3. The van der Waals surface area contributed by atoms with Crippen molar-refractivity contribution in [2.24, 2.45) is 4.99 Å². The van der Waals surface area contributed by atoms with Gasteiger partial charge < -0.3 is 10.6 Å². The molecule has 142 valence electrons. The van der Waals surface area contributed by atoms with E-state index in [4.69, 9.17) is 0 Å². The summed E-state index contributed by atoms with van der Waals surface area (Å²) < 4.78 is 24.4. The fraction of sp³-hybridized carbons (Fsp3) is 0.444. The second-order valence-corrected chi connectivity index (χ2v) is 8.67. The molecule has 0 spiro atoms. The highest BCUT2D eigenvalue weighted by Crippen LogP contribution is 2.07. The molecular weight excluding hydrogens is 350 g/mol. The van der Waals surface area contributed by atoms with Crippen LogP contribution in [0.4, 0.5) is 0 Å². The number of benzene rings is 1. The summed E-state index contributed by atoms with van der Waals surface area (Å²) in [4.78, 5) is 4.20. The summed E-state index contributed by atoms with van der Waals surface area (Å²) in [6.45, 7) is 3.31. The summed E-state index contributed by atoms with van der Waals surface area (Å²) in [5, 5.41) is 10.7. The Hall–Kier alpha value is -2.35. The summed E-state index contributed by atoms with van der Waals surface area (Å²) in [6, 6.07) is 10.2. The van der Waals surface area contributed by atoms with E-state index >= 15 is 0 Å². The molecule has 0 amide bonds. The number of hydrogen-bond donors (Lipinski definition) is 2. The summed E-state index contributed by atoms with van der Waals surface area (Å²) in [5.74, 6) is 0.816. The molecule has 0 bridgehead atoms. The minimum atomic E-state index is -2.95. The molecule has 2 aromatic rings. The van der Waals surface area contributed by atoms with E-state index in [2.05, 4.69) is 38.9 Å². The van der Waals surface area contributed by atoms with Crippen LogP contribution in [0.2, 0.25) is 0 Å². The standard InChI is InChI=1S/C18H27N5O2S/c1-15(8-11-26(3,24)25)22-18(19-2)20-13-16-6-4-7-17(12-16)14-23-10-5-9-21-23/h4-7,9-10,12,15H,8,11,13-14H2,1-3H3,(H2,19,20,22). The number of nitrogens with zero attached hydrogens (tertiary/aromatic N) is 3. The lowest BCUT2D eigenvalue weighted by molar-refractivity contribution is 0.581. The van der Waals surface area contributed by atoms with Crippen LogP contribution in [0.15, 0.2) is 47.7 Å². The van der Waals surface area contributed by atoms with Crippen LogP contribution in [0.1, 0.15) is 24.5 Å². The summed E-state index contributed by atoms with van der Waals surface area (Å²) in [6.07, 6.45) is 5.50. The van der Waals surface area contributed by atoms with Crippen molar-refractivity contribution in [2.75, 3.05) is 19.1 Å². The van der Waals surface area contributed by atoms with Gasteiger partial charge in [-0.2, -0.15) is 5.10 Å². The third kappa shape index (κ3) is 7.26. The molecular formula is C18H27N5O2S. The van der Waals surface area contributed by atoms with Crippen molar-refractivity contribution in [1.82, 2.24) is 20.4 Å². The number of guanidine groups is 1.